The third-order valence-electron chi connectivity index (χ3n) is 1.80. The van der Waals surface area contributed by atoms with E-state index in [9.17, 15) is 0 Å². The van der Waals surface area contributed by atoms with Crippen LogP contribution in [0.2, 0.25) is 0 Å². The van der Waals surface area contributed by atoms with E-state index in [0.29, 0.717) is 6.54 Å². The van der Waals surface area contributed by atoms with Crippen LogP contribution in [0.5, 0.6) is 0 Å². The zero-order valence-corrected chi connectivity index (χ0v) is 7.33. The van der Waals surface area contributed by atoms with Gasteiger partial charge in [-0.3, -0.25) is 0 Å². The van der Waals surface area contributed by atoms with Crippen molar-refractivity contribution in [3.63, 3.8) is 0 Å². The van der Waals surface area contributed by atoms with E-state index in [0.717, 1.165) is 17.9 Å². The fourth-order valence-corrected chi connectivity index (χ4v) is 1.05. The molecule has 0 aromatic heterocycles. The minimum absolute atomic E-state index is 0.668. The van der Waals surface area contributed by atoms with E-state index in [2.05, 4.69) is 4.90 Å². The second-order valence-electron chi connectivity index (χ2n) is 2.80. The maximum atomic E-state index is 5.56. The molecule has 0 saturated carbocycles. The highest BCUT2D eigenvalue weighted by atomic mass is 15.1. The average molecular weight is 165 g/mol. The summed E-state index contributed by atoms with van der Waals surface area (Å²) in [5.41, 5.74) is 12.9. The van der Waals surface area contributed by atoms with Crippen LogP contribution in [0.25, 0.3) is 0 Å². The van der Waals surface area contributed by atoms with Crippen molar-refractivity contribution >= 4 is 11.4 Å². The van der Waals surface area contributed by atoms with E-state index in [1.807, 2.05) is 31.3 Å². The van der Waals surface area contributed by atoms with Crippen LogP contribution in [-0.4, -0.2) is 20.1 Å². The summed E-state index contributed by atoms with van der Waals surface area (Å²) in [7, 11) is 2.01. The molecular weight excluding hydrogens is 150 g/mol. The molecular formula is C9H15N3. The van der Waals surface area contributed by atoms with Crippen molar-refractivity contribution in [3.8, 4) is 0 Å². The maximum absolute atomic E-state index is 5.56. The van der Waals surface area contributed by atoms with Gasteiger partial charge in [-0.2, -0.15) is 0 Å². The molecule has 0 saturated heterocycles. The molecule has 0 aliphatic carbocycles. The zero-order valence-electron chi connectivity index (χ0n) is 7.33. The second-order valence-corrected chi connectivity index (χ2v) is 2.80. The Morgan fingerprint density at radius 1 is 1.25 bits per heavy atom. The van der Waals surface area contributed by atoms with Crippen molar-refractivity contribution < 1.29 is 0 Å². The molecule has 1 aromatic rings. The Bertz CT molecular complexity index is 230. The summed E-state index contributed by atoms with van der Waals surface area (Å²) in [6, 6.07) is 7.76. The van der Waals surface area contributed by atoms with Crippen LogP contribution >= 0.6 is 0 Å². The summed E-state index contributed by atoms with van der Waals surface area (Å²) in [5, 5.41) is 0. The average Bonchev–Trinajstić information content (AvgIpc) is 2.06. The van der Waals surface area contributed by atoms with Gasteiger partial charge in [-0.15, -0.1) is 0 Å². The Balaban J connectivity index is 2.68. The van der Waals surface area contributed by atoms with Gasteiger partial charge in [0, 0.05) is 31.5 Å². The molecule has 0 aliphatic rings. The van der Waals surface area contributed by atoms with Gasteiger partial charge in [-0.05, 0) is 24.3 Å². The number of benzene rings is 1. The highest BCUT2D eigenvalue weighted by Gasteiger charge is 1.97. The molecule has 0 heterocycles. The fraction of sp³-hybridized carbons (Fsp3) is 0.333. The molecule has 0 unspecified atom stereocenters. The largest absolute Gasteiger partial charge is 0.399 e. The number of nitrogen functional groups attached to an aromatic ring is 1. The summed E-state index contributed by atoms with van der Waals surface area (Å²) in [4.78, 5) is 2.10. The van der Waals surface area contributed by atoms with E-state index in [4.69, 9.17) is 11.5 Å². The first-order valence-electron chi connectivity index (χ1n) is 4.01. The van der Waals surface area contributed by atoms with Crippen molar-refractivity contribution in [2.45, 2.75) is 0 Å². The standard InChI is InChI=1S/C9H15N3/c1-12(7-6-10)9-4-2-8(11)3-5-9/h2-5H,6-7,10-11H2,1H3. The van der Waals surface area contributed by atoms with Crippen molar-refractivity contribution in [1.82, 2.24) is 0 Å². The topological polar surface area (TPSA) is 55.3 Å². The smallest absolute Gasteiger partial charge is 0.0365 e. The molecule has 66 valence electrons. The van der Waals surface area contributed by atoms with Gasteiger partial charge in [0.05, 0.1) is 0 Å². The lowest BCUT2D eigenvalue weighted by atomic mass is 10.2. The minimum atomic E-state index is 0.668. The molecule has 0 amide bonds. The number of nitrogens with two attached hydrogens (primary N) is 2. The lowest BCUT2D eigenvalue weighted by Crippen LogP contribution is -2.24. The lowest BCUT2D eigenvalue weighted by Gasteiger charge is -2.17. The minimum Gasteiger partial charge on any atom is -0.399 e. The molecule has 0 spiro atoms. The molecule has 1 aromatic carbocycles. The van der Waals surface area contributed by atoms with E-state index in [1.165, 1.54) is 0 Å². The van der Waals surface area contributed by atoms with E-state index >= 15 is 0 Å². The molecule has 0 aliphatic heterocycles. The summed E-state index contributed by atoms with van der Waals surface area (Å²) < 4.78 is 0. The Hall–Kier alpha value is -1.22. The Morgan fingerprint density at radius 2 is 1.83 bits per heavy atom. The first kappa shape index (κ1) is 8.87. The molecule has 0 atom stereocenters. The number of hydrogen-bond donors (Lipinski definition) is 2. The fourth-order valence-electron chi connectivity index (χ4n) is 1.05. The van der Waals surface area contributed by atoms with Crippen molar-refractivity contribution in [1.29, 1.82) is 0 Å². The molecule has 1 rings (SSSR count). The van der Waals surface area contributed by atoms with Crippen LogP contribution in [0.4, 0.5) is 11.4 Å². The van der Waals surface area contributed by atoms with Gasteiger partial charge >= 0.3 is 0 Å². The number of hydrogen-bond acceptors (Lipinski definition) is 3. The van der Waals surface area contributed by atoms with Gasteiger partial charge in [0.15, 0.2) is 0 Å². The van der Waals surface area contributed by atoms with Gasteiger partial charge in [0.2, 0.25) is 0 Å². The lowest BCUT2D eigenvalue weighted by molar-refractivity contribution is 0.886. The van der Waals surface area contributed by atoms with Gasteiger partial charge in [0.1, 0.15) is 0 Å². The Labute approximate surface area is 73.0 Å². The van der Waals surface area contributed by atoms with Gasteiger partial charge in [0.25, 0.3) is 0 Å². The Kier molecular flexibility index (Phi) is 2.94. The highest BCUT2D eigenvalue weighted by molar-refractivity contribution is 5.52. The zero-order chi connectivity index (χ0) is 8.97. The molecule has 3 heteroatoms. The maximum Gasteiger partial charge on any atom is 0.0365 e. The van der Waals surface area contributed by atoms with E-state index < -0.39 is 0 Å². The third-order valence-corrected chi connectivity index (χ3v) is 1.80. The summed E-state index contributed by atoms with van der Waals surface area (Å²) in [5.74, 6) is 0. The summed E-state index contributed by atoms with van der Waals surface area (Å²) in [6.45, 7) is 1.53. The van der Waals surface area contributed by atoms with Crippen molar-refractivity contribution in [3.05, 3.63) is 24.3 Å². The number of anilines is 2. The monoisotopic (exact) mass is 165 g/mol. The van der Waals surface area contributed by atoms with Crippen LogP contribution < -0.4 is 16.4 Å². The quantitative estimate of drug-likeness (QED) is 0.647. The highest BCUT2D eigenvalue weighted by Crippen LogP contribution is 2.13. The first-order chi connectivity index (χ1) is 5.74. The molecule has 3 nitrogen and oxygen atoms in total. The van der Waals surface area contributed by atoms with E-state index in [-0.39, 0.29) is 0 Å². The van der Waals surface area contributed by atoms with Crippen LogP contribution in [-0.2, 0) is 0 Å². The Morgan fingerprint density at radius 3 is 2.33 bits per heavy atom. The van der Waals surface area contributed by atoms with Crippen LogP contribution in [0.3, 0.4) is 0 Å². The molecule has 4 N–H and O–H groups in total. The van der Waals surface area contributed by atoms with Gasteiger partial charge in [-0.1, -0.05) is 0 Å². The van der Waals surface area contributed by atoms with Crippen molar-refractivity contribution in [2.24, 2.45) is 5.73 Å². The van der Waals surface area contributed by atoms with Crippen LogP contribution in [0, 0.1) is 0 Å². The summed E-state index contributed by atoms with van der Waals surface area (Å²) >= 11 is 0. The van der Waals surface area contributed by atoms with Gasteiger partial charge < -0.3 is 16.4 Å². The number of likely N-dealkylation sites (N-methyl/N-ethyl adjacent to an activating group) is 1. The second kappa shape index (κ2) is 3.97. The molecule has 0 radical (unpaired) electrons. The van der Waals surface area contributed by atoms with Crippen molar-refractivity contribution in [2.75, 3.05) is 30.8 Å². The first-order valence-corrected chi connectivity index (χ1v) is 4.01. The molecule has 0 bridgehead atoms. The summed E-state index contributed by atoms with van der Waals surface area (Å²) in [6.07, 6.45) is 0. The molecule has 0 fully saturated rings. The predicted octanol–water partition coefficient (Wildman–Crippen LogP) is 0.664. The van der Waals surface area contributed by atoms with Crippen LogP contribution in [0.15, 0.2) is 24.3 Å². The predicted molar refractivity (Wildman–Crippen MR) is 53.2 cm³/mol. The number of rotatable bonds is 3. The normalized spacial score (nSPS) is 9.83. The van der Waals surface area contributed by atoms with Crippen LogP contribution in [0.1, 0.15) is 0 Å². The van der Waals surface area contributed by atoms with Gasteiger partial charge in [-0.25, -0.2) is 0 Å². The van der Waals surface area contributed by atoms with E-state index in [1.54, 1.807) is 0 Å². The SMILES string of the molecule is CN(CCN)c1ccc(N)cc1. The third kappa shape index (κ3) is 2.13. The molecule has 12 heavy (non-hydrogen) atoms. The number of nitrogens with zero attached hydrogens (tertiary/aromatic N) is 1.